The van der Waals surface area contributed by atoms with Gasteiger partial charge >= 0.3 is 0 Å². The Bertz CT molecular complexity index is 1190. The summed E-state index contributed by atoms with van der Waals surface area (Å²) in [6.07, 6.45) is 4.70. The Morgan fingerprint density at radius 1 is 0.806 bits per heavy atom. The van der Waals surface area contributed by atoms with Gasteiger partial charge in [-0.3, -0.25) is 0 Å². The van der Waals surface area contributed by atoms with E-state index >= 15 is 0 Å². The summed E-state index contributed by atoms with van der Waals surface area (Å²) >= 11 is 0. The van der Waals surface area contributed by atoms with Crippen molar-refractivity contribution >= 4 is 11.4 Å². The molecule has 31 heavy (non-hydrogen) atoms. The third-order valence-corrected chi connectivity index (χ3v) is 7.37. The Balaban J connectivity index is 1.64. The van der Waals surface area contributed by atoms with Crippen LogP contribution in [0.2, 0.25) is 0 Å². The quantitative estimate of drug-likeness (QED) is 0.445. The van der Waals surface area contributed by atoms with Gasteiger partial charge in [0, 0.05) is 16.9 Å². The first-order valence-corrected chi connectivity index (χ1v) is 11.6. The van der Waals surface area contributed by atoms with Crippen molar-refractivity contribution in [1.29, 1.82) is 0 Å². The lowest BCUT2D eigenvalue weighted by Gasteiger charge is -2.40. The minimum absolute atomic E-state index is 0.0298. The van der Waals surface area contributed by atoms with Crippen LogP contribution in [0.4, 0.5) is 5.69 Å². The lowest BCUT2D eigenvalue weighted by atomic mass is 9.90. The predicted octanol–water partition coefficient (Wildman–Crippen LogP) is 7.45. The normalized spacial score (nSPS) is 25.7. The molecule has 0 amide bonds. The molecule has 1 fully saturated rings. The first-order valence-electron chi connectivity index (χ1n) is 12.1. The van der Waals surface area contributed by atoms with Gasteiger partial charge in [-0.15, -0.1) is 0 Å². The zero-order valence-corrected chi connectivity index (χ0v) is 18.4. The predicted molar refractivity (Wildman–Crippen MR) is 128 cm³/mol. The van der Waals surface area contributed by atoms with Crippen LogP contribution in [0.3, 0.4) is 0 Å². The van der Waals surface area contributed by atoms with Gasteiger partial charge in [0.05, 0.1) is 13.1 Å². The van der Waals surface area contributed by atoms with Gasteiger partial charge < -0.3 is 9.80 Å². The van der Waals surface area contributed by atoms with Gasteiger partial charge in [-0.2, -0.15) is 0 Å². The van der Waals surface area contributed by atoms with E-state index in [-0.39, 0.29) is 6.17 Å². The first-order chi connectivity index (χ1) is 15.6. The first kappa shape index (κ1) is 17.7. The maximum absolute atomic E-state index is 10.1. The average Bonchev–Trinajstić information content (AvgIpc) is 3.52. The van der Waals surface area contributed by atoms with Gasteiger partial charge in [0.15, 0.2) is 0 Å². The molecule has 2 unspecified atom stereocenters. The molecule has 2 atom stereocenters. The van der Waals surface area contributed by atoms with Crippen molar-refractivity contribution in [2.45, 2.75) is 51.7 Å². The largest absolute Gasteiger partial charge is 0.338 e. The van der Waals surface area contributed by atoms with Gasteiger partial charge in [-0.25, -0.2) is 0 Å². The number of nitrogens with zero attached hydrogens (tertiary/aromatic N) is 2. The topological polar surface area (TPSA) is 6.48 Å². The van der Waals surface area contributed by atoms with Crippen LogP contribution in [0, 0.1) is 12.8 Å². The minimum atomic E-state index is -0.748. The second-order valence-electron chi connectivity index (χ2n) is 9.16. The van der Waals surface area contributed by atoms with E-state index in [1.165, 1.54) is 52.2 Å². The molecular weight excluding hydrogens is 376 g/mol. The number of aryl methyl sites for hydroxylation is 1. The van der Waals surface area contributed by atoms with Crippen LogP contribution in [-0.2, 0) is 0 Å². The number of anilines is 1. The number of allylic oxidation sites excluding steroid dienone is 1. The zero-order valence-electron chi connectivity index (χ0n) is 19.4. The standard InChI is InChI=1S/C29H30N2/c1-20-12-6-11-19-26(20)30-21(2)27-24-17-9-10-18-25(24)28(22-13-7-8-14-22)31(27)29(30)23-15-4-3-5-16-23/h3-6,9-12,15-19,22,28-29H,7-8,13-14H2,1-2H3/i28D. The van der Waals surface area contributed by atoms with E-state index in [1.54, 1.807) is 0 Å². The van der Waals surface area contributed by atoms with Crippen LogP contribution in [-0.4, -0.2) is 4.90 Å². The third kappa shape index (κ3) is 2.77. The highest BCUT2D eigenvalue weighted by atomic mass is 15.4. The lowest BCUT2D eigenvalue weighted by Crippen LogP contribution is -2.35. The third-order valence-electron chi connectivity index (χ3n) is 7.37. The molecule has 3 aliphatic rings. The van der Waals surface area contributed by atoms with E-state index in [9.17, 15) is 1.37 Å². The maximum atomic E-state index is 10.1. The molecule has 2 nitrogen and oxygen atoms in total. The molecule has 0 N–H and O–H groups in total. The molecule has 3 aromatic rings. The van der Waals surface area contributed by atoms with Crippen LogP contribution < -0.4 is 4.90 Å². The van der Waals surface area contributed by atoms with Gasteiger partial charge in [0.25, 0.3) is 0 Å². The van der Waals surface area contributed by atoms with E-state index in [0.717, 1.165) is 12.8 Å². The van der Waals surface area contributed by atoms with E-state index in [4.69, 9.17) is 0 Å². The Morgan fingerprint density at radius 2 is 1.48 bits per heavy atom. The summed E-state index contributed by atoms with van der Waals surface area (Å²) in [5.74, 6) is 0.344. The SMILES string of the molecule is [2H]C1(C2CCCC2)c2ccccc2C2=C(C)N(c3ccccc3C)C(c3ccccc3)N21. The lowest BCUT2D eigenvalue weighted by molar-refractivity contribution is 0.189. The fourth-order valence-corrected chi connectivity index (χ4v) is 6.01. The highest BCUT2D eigenvalue weighted by molar-refractivity contribution is 5.82. The number of benzene rings is 3. The molecule has 0 radical (unpaired) electrons. The van der Waals surface area contributed by atoms with Gasteiger partial charge in [-0.05, 0) is 55.4 Å². The Morgan fingerprint density at radius 3 is 2.26 bits per heavy atom. The summed E-state index contributed by atoms with van der Waals surface area (Å²) in [6, 6.07) is 27.4. The monoisotopic (exact) mass is 407 g/mol. The summed E-state index contributed by atoms with van der Waals surface area (Å²) in [5, 5.41) is 0. The highest BCUT2D eigenvalue weighted by Gasteiger charge is 2.50. The van der Waals surface area contributed by atoms with Crippen molar-refractivity contribution in [2.75, 3.05) is 4.90 Å². The molecule has 0 aromatic heterocycles. The van der Waals surface area contributed by atoms with Gasteiger partial charge in [-0.1, -0.05) is 85.6 Å². The number of para-hydroxylation sites is 1. The molecule has 1 saturated carbocycles. The summed E-state index contributed by atoms with van der Waals surface area (Å²) in [7, 11) is 0. The summed E-state index contributed by atoms with van der Waals surface area (Å²) in [5.41, 5.74) is 8.64. The van der Waals surface area contributed by atoms with Crippen LogP contribution >= 0.6 is 0 Å². The van der Waals surface area contributed by atoms with Crippen molar-refractivity contribution in [3.05, 3.63) is 107 Å². The highest BCUT2D eigenvalue weighted by Crippen LogP contribution is 2.59. The van der Waals surface area contributed by atoms with Crippen molar-refractivity contribution in [3.8, 4) is 0 Å². The van der Waals surface area contributed by atoms with Crippen molar-refractivity contribution in [2.24, 2.45) is 5.92 Å². The molecule has 156 valence electrons. The van der Waals surface area contributed by atoms with Crippen LogP contribution in [0.5, 0.6) is 0 Å². The molecule has 1 aliphatic carbocycles. The fraction of sp³-hybridized carbons (Fsp3) is 0.310. The van der Waals surface area contributed by atoms with E-state index in [1.807, 2.05) is 0 Å². The smallest absolute Gasteiger partial charge is 0.133 e. The fourth-order valence-electron chi connectivity index (χ4n) is 6.01. The Labute approximate surface area is 187 Å². The van der Waals surface area contributed by atoms with E-state index < -0.39 is 6.02 Å². The summed E-state index contributed by atoms with van der Waals surface area (Å²) in [4.78, 5) is 4.94. The average molecular weight is 408 g/mol. The molecule has 6 rings (SSSR count). The number of hydrogen-bond acceptors (Lipinski definition) is 2. The zero-order chi connectivity index (χ0) is 21.9. The molecular formula is C29H30N2. The second kappa shape index (κ2) is 7.30. The molecule has 0 saturated heterocycles. The van der Waals surface area contributed by atoms with Gasteiger partial charge in [0.1, 0.15) is 6.17 Å². The number of rotatable bonds is 3. The van der Waals surface area contributed by atoms with Crippen LogP contribution in [0.1, 0.15) is 68.4 Å². The molecule has 0 bridgehead atoms. The summed E-state index contributed by atoms with van der Waals surface area (Å²) in [6.45, 7) is 4.44. The van der Waals surface area contributed by atoms with Crippen molar-refractivity contribution in [3.63, 3.8) is 0 Å². The number of hydrogen-bond donors (Lipinski definition) is 0. The maximum Gasteiger partial charge on any atom is 0.133 e. The molecule has 2 heteroatoms. The molecule has 2 heterocycles. The number of fused-ring (bicyclic) bond motifs is 3. The minimum Gasteiger partial charge on any atom is -0.338 e. The van der Waals surface area contributed by atoms with Crippen molar-refractivity contribution in [1.82, 2.24) is 4.90 Å². The molecule has 0 spiro atoms. The second-order valence-corrected chi connectivity index (χ2v) is 9.16. The Kier molecular flexibility index (Phi) is 4.16. The van der Waals surface area contributed by atoms with Gasteiger partial charge in [0.2, 0.25) is 0 Å². The molecule has 2 aliphatic heterocycles. The Hall–Kier alpha value is -3.00. The van der Waals surface area contributed by atoms with Crippen LogP contribution in [0.15, 0.2) is 84.6 Å². The van der Waals surface area contributed by atoms with Crippen molar-refractivity contribution < 1.29 is 1.37 Å². The molecule has 3 aromatic carbocycles. The summed E-state index contributed by atoms with van der Waals surface area (Å²) < 4.78 is 10.1. The van der Waals surface area contributed by atoms with Crippen LogP contribution in [0.25, 0.3) is 5.70 Å². The van der Waals surface area contributed by atoms with E-state index in [0.29, 0.717) is 5.92 Å². The van der Waals surface area contributed by atoms with E-state index in [2.05, 4.69) is 103 Å².